The van der Waals surface area contributed by atoms with Crippen molar-refractivity contribution in [3.05, 3.63) is 93.9 Å². The standard InChI is InChI=1S/C21H17BrN2O2/c1-14-4-6-16(7-5-14)21(25)24-19(20-3-2-12-26-20)13-18(23-24)15-8-10-17(22)11-9-15/h2-12,19H,13H2,1H3/t19-/m1/s1. The zero-order valence-corrected chi connectivity index (χ0v) is 15.8. The number of halogens is 1. The number of aryl methyl sites for hydroxylation is 1. The minimum Gasteiger partial charge on any atom is -0.467 e. The summed E-state index contributed by atoms with van der Waals surface area (Å²) >= 11 is 3.45. The summed E-state index contributed by atoms with van der Waals surface area (Å²) < 4.78 is 6.59. The molecule has 1 aliphatic heterocycles. The van der Waals surface area contributed by atoms with Crippen LogP contribution in [0, 0.1) is 6.92 Å². The van der Waals surface area contributed by atoms with E-state index < -0.39 is 0 Å². The van der Waals surface area contributed by atoms with E-state index in [0.29, 0.717) is 12.0 Å². The number of carbonyl (C=O) groups excluding carboxylic acids is 1. The molecule has 2 heterocycles. The Morgan fingerprint density at radius 2 is 1.85 bits per heavy atom. The van der Waals surface area contributed by atoms with Gasteiger partial charge in [-0.05, 0) is 48.9 Å². The monoisotopic (exact) mass is 408 g/mol. The lowest BCUT2D eigenvalue weighted by Crippen LogP contribution is -2.26. The van der Waals surface area contributed by atoms with E-state index in [2.05, 4.69) is 21.0 Å². The van der Waals surface area contributed by atoms with E-state index >= 15 is 0 Å². The summed E-state index contributed by atoms with van der Waals surface area (Å²) in [5.41, 5.74) is 3.61. The van der Waals surface area contributed by atoms with Crippen LogP contribution in [0.4, 0.5) is 0 Å². The third-order valence-corrected chi connectivity index (χ3v) is 4.99. The Hall–Kier alpha value is -2.66. The molecule has 130 valence electrons. The molecule has 0 N–H and O–H groups in total. The molecule has 0 saturated heterocycles. The molecule has 0 radical (unpaired) electrons. The number of nitrogens with zero attached hydrogens (tertiary/aromatic N) is 2. The van der Waals surface area contributed by atoms with Gasteiger partial charge in [0.25, 0.3) is 5.91 Å². The van der Waals surface area contributed by atoms with Crippen molar-refractivity contribution in [2.75, 3.05) is 0 Å². The highest BCUT2D eigenvalue weighted by molar-refractivity contribution is 9.10. The van der Waals surface area contributed by atoms with Crippen LogP contribution in [-0.4, -0.2) is 16.6 Å². The molecule has 0 saturated carbocycles. The Labute approximate surface area is 160 Å². The Morgan fingerprint density at radius 3 is 2.50 bits per heavy atom. The van der Waals surface area contributed by atoms with E-state index in [9.17, 15) is 4.79 Å². The zero-order chi connectivity index (χ0) is 18.1. The maximum Gasteiger partial charge on any atom is 0.274 e. The molecule has 4 rings (SSSR count). The third-order valence-electron chi connectivity index (χ3n) is 4.47. The van der Waals surface area contributed by atoms with Crippen LogP contribution in [0.5, 0.6) is 0 Å². The van der Waals surface area contributed by atoms with Crippen LogP contribution < -0.4 is 0 Å². The van der Waals surface area contributed by atoms with Crippen molar-refractivity contribution in [1.82, 2.24) is 5.01 Å². The van der Waals surface area contributed by atoms with Gasteiger partial charge in [-0.3, -0.25) is 4.79 Å². The van der Waals surface area contributed by atoms with Crippen LogP contribution in [-0.2, 0) is 0 Å². The summed E-state index contributed by atoms with van der Waals surface area (Å²) in [7, 11) is 0. The molecule has 0 fully saturated rings. The van der Waals surface area contributed by atoms with E-state index in [1.54, 1.807) is 11.3 Å². The third kappa shape index (κ3) is 3.22. The first-order valence-corrected chi connectivity index (χ1v) is 9.18. The number of hydrogen-bond acceptors (Lipinski definition) is 3. The molecule has 4 nitrogen and oxygen atoms in total. The predicted octanol–water partition coefficient (Wildman–Crippen LogP) is 5.34. The van der Waals surface area contributed by atoms with Crippen LogP contribution >= 0.6 is 15.9 Å². The zero-order valence-electron chi connectivity index (χ0n) is 14.2. The van der Waals surface area contributed by atoms with Gasteiger partial charge in [-0.15, -0.1) is 0 Å². The minimum absolute atomic E-state index is 0.126. The molecule has 0 bridgehead atoms. The SMILES string of the molecule is Cc1ccc(C(=O)N2N=C(c3ccc(Br)cc3)C[C@@H]2c2ccco2)cc1. The summed E-state index contributed by atoms with van der Waals surface area (Å²) in [6.07, 6.45) is 2.24. The van der Waals surface area contributed by atoms with E-state index in [-0.39, 0.29) is 11.9 Å². The van der Waals surface area contributed by atoms with Crippen molar-refractivity contribution in [3.8, 4) is 0 Å². The second-order valence-corrected chi connectivity index (χ2v) is 7.22. The van der Waals surface area contributed by atoms with Gasteiger partial charge in [0.05, 0.1) is 12.0 Å². The van der Waals surface area contributed by atoms with Crippen LogP contribution in [0.3, 0.4) is 0 Å². The van der Waals surface area contributed by atoms with Gasteiger partial charge in [0.1, 0.15) is 11.8 Å². The number of rotatable bonds is 3. The largest absolute Gasteiger partial charge is 0.467 e. The van der Waals surface area contributed by atoms with Gasteiger partial charge >= 0.3 is 0 Å². The predicted molar refractivity (Wildman–Crippen MR) is 104 cm³/mol. The summed E-state index contributed by atoms with van der Waals surface area (Å²) in [6, 6.07) is 19.0. The number of carbonyl (C=O) groups is 1. The Balaban J connectivity index is 1.70. The molecule has 1 aromatic heterocycles. The Bertz CT molecular complexity index is 945. The molecular weight excluding hydrogens is 392 g/mol. The fourth-order valence-electron chi connectivity index (χ4n) is 3.05. The molecule has 1 atom stereocenters. The van der Waals surface area contributed by atoms with Crippen LogP contribution in [0.1, 0.15) is 39.7 Å². The maximum absolute atomic E-state index is 13.1. The summed E-state index contributed by atoms with van der Waals surface area (Å²) in [5, 5.41) is 6.19. The van der Waals surface area contributed by atoms with Crippen LogP contribution in [0.15, 0.2) is 80.9 Å². The summed E-state index contributed by atoms with van der Waals surface area (Å²) in [4.78, 5) is 13.1. The molecule has 2 aromatic carbocycles. The van der Waals surface area contributed by atoms with Gasteiger partial charge in [0.15, 0.2) is 0 Å². The fourth-order valence-corrected chi connectivity index (χ4v) is 3.31. The van der Waals surface area contributed by atoms with Gasteiger partial charge in [-0.1, -0.05) is 45.8 Å². The van der Waals surface area contributed by atoms with Crippen LogP contribution in [0.2, 0.25) is 0 Å². The molecular formula is C21H17BrN2O2. The lowest BCUT2D eigenvalue weighted by atomic mass is 10.0. The lowest BCUT2D eigenvalue weighted by molar-refractivity contribution is 0.0693. The number of furan rings is 1. The second kappa shape index (κ2) is 6.92. The van der Waals surface area contributed by atoms with Crippen molar-refractivity contribution in [2.45, 2.75) is 19.4 Å². The minimum atomic E-state index is -0.238. The average Bonchev–Trinajstić information content (AvgIpc) is 3.32. The van der Waals surface area contributed by atoms with Crippen molar-refractivity contribution in [3.63, 3.8) is 0 Å². The average molecular weight is 409 g/mol. The van der Waals surface area contributed by atoms with Crippen molar-refractivity contribution < 1.29 is 9.21 Å². The molecule has 1 amide bonds. The quantitative estimate of drug-likeness (QED) is 0.586. The maximum atomic E-state index is 13.1. The van der Waals surface area contributed by atoms with Gasteiger partial charge in [-0.25, -0.2) is 5.01 Å². The molecule has 26 heavy (non-hydrogen) atoms. The molecule has 0 spiro atoms. The Kier molecular flexibility index (Phi) is 4.47. The highest BCUT2D eigenvalue weighted by Gasteiger charge is 2.35. The topological polar surface area (TPSA) is 45.8 Å². The highest BCUT2D eigenvalue weighted by Crippen LogP contribution is 2.34. The number of hydrazone groups is 1. The first-order valence-electron chi connectivity index (χ1n) is 8.39. The molecule has 3 aromatic rings. The van der Waals surface area contributed by atoms with Gasteiger partial charge in [0, 0.05) is 16.5 Å². The van der Waals surface area contributed by atoms with Crippen molar-refractivity contribution >= 4 is 27.5 Å². The van der Waals surface area contributed by atoms with Gasteiger partial charge in [0.2, 0.25) is 0 Å². The summed E-state index contributed by atoms with van der Waals surface area (Å²) in [6.45, 7) is 2.00. The normalized spacial score (nSPS) is 16.6. The lowest BCUT2D eigenvalue weighted by Gasteiger charge is -2.20. The van der Waals surface area contributed by atoms with Gasteiger partial charge in [-0.2, -0.15) is 5.10 Å². The first-order chi connectivity index (χ1) is 12.6. The smallest absolute Gasteiger partial charge is 0.274 e. The number of benzene rings is 2. The second-order valence-electron chi connectivity index (χ2n) is 6.30. The molecule has 0 aliphatic carbocycles. The first kappa shape index (κ1) is 16.8. The van der Waals surface area contributed by atoms with Gasteiger partial charge < -0.3 is 4.42 Å². The molecule has 5 heteroatoms. The Morgan fingerprint density at radius 1 is 1.12 bits per heavy atom. The van der Waals surface area contributed by atoms with E-state index in [1.807, 2.05) is 67.6 Å². The van der Waals surface area contributed by atoms with Crippen molar-refractivity contribution in [2.24, 2.45) is 5.10 Å². The van der Waals surface area contributed by atoms with Crippen molar-refractivity contribution in [1.29, 1.82) is 0 Å². The number of hydrogen-bond donors (Lipinski definition) is 0. The highest BCUT2D eigenvalue weighted by atomic mass is 79.9. The number of amides is 1. The fraction of sp³-hybridized carbons (Fsp3) is 0.143. The van der Waals surface area contributed by atoms with E-state index in [4.69, 9.17) is 4.42 Å². The molecule has 0 unspecified atom stereocenters. The molecule has 1 aliphatic rings. The van der Waals surface area contributed by atoms with E-state index in [0.717, 1.165) is 27.1 Å². The van der Waals surface area contributed by atoms with Crippen LogP contribution in [0.25, 0.3) is 0 Å². The summed E-state index contributed by atoms with van der Waals surface area (Å²) in [5.74, 6) is 0.611. The van der Waals surface area contributed by atoms with E-state index in [1.165, 1.54) is 0 Å².